The molecule has 0 aliphatic carbocycles. The lowest BCUT2D eigenvalue weighted by Crippen LogP contribution is -2.45. The molecule has 1 aliphatic heterocycles. The molecule has 1 aliphatic rings. The highest BCUT2D eigenvalue weighted by molar-refractivity contribution is 5.75. The highest BCUT2D eigenvalue weighted by atomic mass is 16.4. The van der Waals surface area contributed by atoms with Crippen LogP contribution in [0.3, 0.4) is 0 Å². The summed E-state index contributed by atoms with van der Waals surface area (Å²) >= 11 is 0. The van der Waals surface area contributed by atoms with E-state index in [-0.39, 0.29) is 11.9 Å². The highest BCUT2D eigenvalue weighted by Gasteiger charge is 2.26. The second kappa shape index (κ2) is 6.36. The van der Waals surface area contributed by atoms with Gasteiger partial charge in [-0.25, -0.2) is 4.79 Å². The topological polar surface area (TPSA) is 82.5 Å². The van der Waals surface area contributed by atoms with Crippen LogP contribution >= 0.6 is 0 Å². The van der Waals surface area contributed by atoms with Crippen molar-refractivity contribution >= 4 is 12.0 Å². The van der Waals surface area contributed by atoms with Crippen LogP contribution in [-0.4, -0.2) is 40.1 Å². The van der Waals surface area contributed by atoms with E-state index in [1.165, 1.54) is 0 Å². The van der Waals surface area contributed by atoms with Crippen LogP contribution in [0.2, 0.25) is 0 Å². The average molecular weight is 277 g/mol. The number of hydrogen-bond acceptors (Lipinski definition) is 3. The van der Waals surface area contributed by atoms with E-state index in [1.54, 1.807) is 11.1 Å². The second-order valence-electron chi connectivity index (χ2n) is 5.07. The fourth-order valence-electron chi connectivity index (χ4n) is 2.22. The first-order valence-corrected chi connectivity index (χ1v) is 6.73. The van der Waals surface area contributed by atoms with Gasteiger partial charge in [-0.2, -0.15) is 0 Å². The third-order valence-corrected chi connectivity index (χ3v) is 3.55. The normalized spacial score (nSPS) is 15.9. The monoisotopic (exact) mass is 277 g/mol. The maximum absolute atomic E-state index is 12.0. The first-order valence-electron chi connectivity index (χ1n) is 6.73. The molecular formula is C14H19N3O3. The molecule has 0 bridgehead atoms. The minimum atomic E-state index is -0.768. The van der Waals surface area contributed by atoms with Gasteiger partial charge in [0, 0.05) is 31.5 Å². The third kappa shape index (κ3) is 3.69. The summed E-state index contributed by atoms with van der Waals surface area (Å²) < 4.78 is 0. The molecule has 0 saturated carbocycles. The SMILES string of the molecule is Cc1ccc(CNC(=O)N2CCC(C(=O)O)CC2)cn1. The van der Waals surface area contributed by atoms with Gasteiger partial charge >= 0.3 is 12.0 Å². The Morgan fingerprint density at radius 2 is 2.10 bits per heavy atom. The molecule has 0 atom stereocenters. The lowest BCUT2D eigenvalue weighted by Gasteiger charge is -2.30. The van der Waals surface area contributed by atoms with Crippen LogP contribution in [0.15, 0.2) is 18.3 Å². The van der Waals surface area contributed by atoms with Crippen molar-refractivity contribution in [1.29, 1.82) is 0 Å². The number of nitrogens with zero attached hydrogens (tertiary/aromatic N) is 2. The molecule has 1 aromatic rings. The summed E-state index contributed by atoms with van der Waals surface area (Å²) in [5.41, 5.74) is 1.89. The Morgan fingerprint density at radius 3 is 2.65 bits per heavy atom. The predicted molar refractivity (Wildman–Crippen MR) is 73.1 cm³/mol. The molecule has 0 radical (unpaired) electrons. The van der Waals surface area contributed by atoms with Gasteiger partial charge < -0.3 is 15.3 Å². The van der Waals surface area contributed by atoms with E-state index >= 15 is 0 Å². The van der Waals surface area contributed by atoms with Crippen LogP contribution < -0.4 is 5.32 Å². The molecule has 2 N–H and O–H groups in total. The minimum absolute atomic E-state index is 0.144. The Labute approximate surface area is 117 Å². The fourth-order valence-corrected chi connectivity index (χ4v) is 2.22. The number of likely N-dealkylation sites (tertiary alicyclic amines) is 1. The first-order chi connectivity index (χ1) is 9.56. The zero-order valence-electron chi connectivity index (χ0n) is 11.5. The summed E-state index contributed by atoms with van der Waals surface area (Å²) in [4.78, 5) is 28.6. The van der Waals surface area contributed by atoms with Crippen molar-refractivity contribution in [3.05, 3.63) is 29.6 Å². The Bertz CT molecular complexity index is 479. The molecule has 1 saturated heterocycles. The van der Waals surface area contributed by atoms with E-state index < -0.39 is 5.97 Å². The van der Waals surface area contributed by atoms with Gasteiger partial charge in [0.2, 0.25) is 0 Å². The molecular weight excluding hydrogens is 258 g/mol. The molecule has 108 valence electrons. The van der Waals surface area contributed by atoms with Crippen molar-refractivity contribution in [1.82, 2.24) is 15.2 Å². The largest absolute Gasteiger partial charge is 0.481 e. The zero-order chi connectivity index (χ0) is 14.5. The average Bonchev–Trinajstić information content (AvgIpc) is 2.46. The van der Waals surface area contributed by atoms with Crippen LogP contribution in [-0.2, 0) is 11.3 Å². The Hall–Kier alpha value is -2.11. The van der Waals surface area contributed by atoms with Crippen LogP contribution in [0.5, 0.6) is 0 Å². The lowest BCUT2D eigenvalue weighted by molar-refractivity contribution is -0.143. The second-order valence-corrected chi connectivity index (χ2v) is 5.07. The van der Waals surface area contributed by atoms with Gasteiger partial charge in [0.1, 0.15) is 0 Å². The molecule has 6 heteroatoms. The molecule has 20 heavy (non-hydrogen) atoms. The number of pyridine rings is 1. The summed E-state index contributed by atoms with van der Waals surface area (Å²) in [5, 5.41) is 11.7. The summed E-state index contributed by atoms with van der Waals surface area (Å²) in [6, 6.07) is 3.69. The Balaban J connectivity index is 1.78. The van der Waals surface area contributed by atoms with E-state index in [0.717, 1.165) is 11.3 Å². The number of aliphatic carboxylic acids is 1. The van der Waals surface area contributed by atoms with Crippen LogP contribution in [0.25, 0.3) is 0 Å². The molecule has 2 rings (SSSR count). The molecule has 6 nitrogen and oxygen atoms in total. The highest BCUT2D eigenvalue weighted by Crippen LogP contribution is 2.17. The molecule has 2 heterocycles. The van der Waals surface area contributed by atoms with Gasteiger partial charge in [-0.3, -0.25) is 9.78 Å². The number of carbonyl (C=O) groups is 2. The fraction of sp³-hybridized carbons (Fsp3) is 0.500. The minimum Gasteiger partial charge on any atom is -0.481 e. The van der Waals surface area contributed by atoms with Gasteiger partial charge in [-0.15, -0.1) is 0 Å². The molecule has 0 unspecified atom stereocenters. The predicted octanol–water partition coefficient (Wildman–Crippen LogP) is 1.40. The lowest BCUT2D eigenvalue weighted by atomic mass is 9.97. The number of amides is 2. The Kier molecular flexibility index (Phi) is 4.55. The van der Waals surface area contributed by atoms with E-state index in [4.69, 9.17) is 5.11 Å². The van der Waals surface area contributed by atoms with Crippen molar-refractivity contribution < 1.29 is 14.7 Å². The zero-order valence-corrected chi connectivity index (χ0v) is 11.5. The maximum atomic E-state index is 12.0. The Morgan fingerprint density at radius 1 is 1.40 bits per heavy atom. The van der Waals surface area contributed by atoms with Crippen LogP contribution in [0.4, 0.5) is 4.79 Å². The van der Waals surface area contributed by atoms with Gasteiger partial charge in [0.05, 0.1) is 5.92 Å². The number of rotatable bonds is 3. The maximum Gasteiger partial charge on any atom is 0.317 e. The van der Waals surface area contributed by atoms with Crippen molar-refractivity contribution in [3.8, 4) is 0 Å². The van der Waals surface area contributed by atoms with Crippen molar-refractivity contribution in [2.24, 2.45) is 5.92 Å². The molecule has 1 aromatic heterocycles. The van der Waals surface area contributed by atoms with Gasteiger partial charge in [-0.1, -0.05) is 6.07 Å². The van der Waals surface area contributed by atoms with E-state index in [2.05, 4.69) is 10.3 Å². The summed E-state index contributed by atoms with van der Waals surface area (Å²) in [5.74, 6) is -1.09. The van der Waals surface area contributed by atoms with Gasteiger partial charge in [0.15, 0.2) is 0 Å². The molecule has 1 fully saturated rings. The molecule has 2 amide bonds. The van der Waals surface area contributed by atoms with Crippen LogP contribution in [0, 0.1) is 12.8 Å². The van der Waals surface area contributed by atoms with E-state index in [1.807, 2.05) is 19.1 Å². The number of hydrogen-bond donors (Lipinski definition) is 2. The first kappa shape index (κ1) is 14.3. The van der Waals surface area contributed by atoms with Crippen molar-refractivity contribution in [3.63, 3.8) is 0 Å². The van der Waals surface area contributed by atoms with Gasteiger partial charge in [-0.05, 0) is 31.4 Å². The van der Waals surface area contributed by atoms with E-state index in [9.17, 15) is 9.59 Å². The summed E-state index contributed by atoms with van der Waals surface area (Å²) in [6.07, 6.45) is 2.79. The number of piperidine rings is 1. The summed E-state index contributed by atoms with van der Waals surface area (Å²) in [7, 11) is 0. The number of carboxylic acid groups (broad SMARTS) is 1. The molecule has 0 aromatic carbocycles. The van der Waals surface area contributed by atoms with Crippen molar-refractivity contribution in [2.75, 3.05) is 13.1 Å². The summed E-state index contributed by atoms with van der Waals surface area (Å²) in [6.45, 7) is 3.34. The number of carbonyl (C=O) groups excluding carboxylic acids is 1. The van der Waals surface area contributed by atoms with Crippen LogP contribution in [0.1, 0.15) is 24.1 Å². The van der Waals surface area contributed by atoms with E-state index in [0.29, 0.717) is 32.5 Å². The smallest absolute Gasteiger partial charge is 0.317 e. The number of aromatic nitrogens is 1. The third-order valence-electron chi connectivity index (χ3n) is 3.55. The van der Waals surface area contributed by atoms with Crippen molar-refractivity contribution in [2.45, 2.75) is 26.3 Å². The quantitative estimate of drug-likeness (QED) is 0.874. The van der Waals surface area contributed by atoms with Gasteiger partial charge in [0.25, 0.3) is 0 Å². The number of aryl methyl sites for hydroxylation is 1. The molecule has 0 spiro atoms. The standard InChI is InChI=1S/C14H19N3O3/c1-10-2-3-11(8-15-10)9-16-14(20)17-6-4-12(5-7-17)13(18)19/h2-3,8,12H,4-7,9H2,1H3,(H,16,20)(H,18,19). The number of urea groups is 1. The number of carboxylic acids is 1. The number of nitrogens with one attached hydrogen (secondary N) is 1.